The fourth-order valence-electron chi connectivity index (χ4n) is 1.55. The second kappa shape index (κ2) is 10.8. The molecule has 112 valence electrons. The molecule has 0 spiro atoms. The molecule has 0 saturated heterocycles. The molecule has 2 amide bonds. The van der Waals surface area contributed by atoms with Crippen LogP contribution in [0.15, 0.2) is 0 Å². The van der Waals surface area contributed by atoms with Gasteiger partial charge in [-0.1, -0.05) is 27.7 Å². The molecule has 0 unspecified atom stereocenters. The number of carbonyl (C=O) groups excluding carboxylic acids is 2. The smallest absolute Gasteiger partial charge is 0.221 e. The quantitative estimate of drug-likeness (QED) is 0.520. The van der Waals surface area contributed by atoms with E-state index in [0.717, 1.165) is 13.0 Å². The zero-order valence-electron chi connectivity index (χ0n) is 12.7. The van der Waals surface area contributed by atoms with Crippen LogP contribution in [0.4, 0.5) is 0 Å². The molecule has 5 nitrogen and oxygen atoms in total. The van der Waals surface area contributed by atoms with E-state index in [1.54, 1.807) is 0 Å². The van der Waals surface area contributed by atoms with E-state index in [1.165, 1.54) is 0 Å². The molecule has 0 aromatic rings. The minimum Gasteiger partial charge on any atom is -0.356 e. The van der Waals surface area contributed by atoms with Crippen molar-refractivity contribution >= 4 is 11.8 Å². The lowest BCUT2D eigenvalue weighted by Gasteiger charge is -2.09. The molecular weight excluding hydrogens is 242 g/mol. The summed E-state index contributed by atoms with van der Waals surface area (Å²) >= 11 is 0. The predicted molar refractivity (Wildman–Crippen MR) is 77.8 cm³/mol. The Bertz CT molecular complexity index is 265. The Balaban J connectivity index is 3.42. The molecule has 3 N–H and O–H groups in total. The zero-order chi connectivity index (χ0) is 14.7. The highest BCUT2D eigenvalue weighted by Crippen LogP contribution is 1.97. The van der Waals surface area contributed by atoms with Gasteiger partial charge in [0.1, 0.15) is 0 Å². The average molecular weight is 271 g/mol. The van der Waals surface area contributed by atoms with Crippen LogP contribution < -0.4 is 16.0 Å². The third kappa shape index (κ3) is 13.1. The number of rotatable bonds is 10. The molecular formula is C14H29N3O2. The van der Waals surface area contributed by atoms with Crippen molar-refractivity contribution in [3.63, 3.8) is 0 Å². The van der Waals surface area contributed by atoms with Crippen LogP contribution in [0.5, 0.6) is 0 Å². The Morgan fingerprint density at radius 3 is 2.11 bits per heavy atom. The maximum absolute atomic E-state index is 11.5. The summed E-state index contributed by atoms with van der Waals surface area (Å²) in [5.74, 6) is 0.362. The van der Waals surface area contributed by atoms with Crippen molar-refractivity contribution < 1.29 is 9.59 Å². The van der Waals surface area contributed by atoms with Crippen LogP contribution in [0.3, 0.4) is 0 Å². The van der Waals surface area contributed by atoms with E-state index >= 15 is 0 Å². The Morgan fingerprint density at radius 2 is 1.53 bits per heavy atom. The van der Waals surface area contributed by atoms with Crippen molar-refractivity contribution in [2.45, 2.75) is 53.0 Å². The fourth-order valence-corrected chi connectivity index (χ4v) is 1.55. The van der Waals surface area contributed by atoms with Crippen molar-refractivity contribution in [2.24, 2.45) is 5.92 Å². The first-order valence-electron chi connectivity index (χ1n) is 7.18. The van der Waals surface area contributed by atoms with Gasteiger partial charge in [-0.3, -0.25) is 9.59 Å². The third-order valence-electron chi connectivity index (χ3n) is 2.50. The third-order valence-corrected chi connectivity index (χ3v) is 2.50. The minimum absolute atomic E-state index is 0.00519. The molecule has 0 fully saturated rings. The number of amides is 2. The van der Waals surface area contributed by atoms with Crippen molar-refractivity contribution in [3.8, 4) is 0 Å². The monoisotopic (exact) mass is 271 g/mol. The molecule has 0 heterocycles. The Kier molecular flexibility index (Phi) is 10.2. The van der Waals surface area contributed by atoms with Gasteiger partial charge in [-0.2, -0.15) is 0 Å². The number of nitrogens with one attached hydrogen (secondary N) is 3. The van der Waals surface area contributed by atoms with Gasteiger partial charge in [-0.25, -0.2) is 0 Å². The highest BCUT2D eigenvalue weighted by molar-refractivity contribution is 5.78. The van der Waals surface area contributed by atoms with Gasteiger partial charge in [0.2, 0.25) is 11.8 Å². The van der Waals surface area contributed by atoms with Gasteiger partial charge in [0.15, 0.2) is 0 Å². The molecule has 19 heavy (non-hydrogen) atoms. The van der Waals surface area contributed by atoms with E-state index in [-0.39, 0.29) is 11.8 Å². The maximum atomic E-state index is 11.5. The molecule has 0 radical (unpaired) electrons. The summed E-state index contributed by atoms with van der Waals surface area (Å²) in [4.78, 5) is 22.8. The van der Waals surface area contributed by atoms with E-state index in [0.29, 0.717) is 37.9 Å². The van der Waals surface area contributed by atoms with Crippen LogP contribution in [-0.4, -0.2) is 37.5 Å². The van der Waals surface area contributed by atoms with Gasteiger partial charge >= 0.3 is 0 Å². The second-order valence-electron chi connectivity index (χ2n) is 5.51. The molecule has 0 bridgehead atoms. The first-order valence-corrected chi connectivity index (χ1v) is 7.18. The van der Waals surface area contributed by atoms with Gasteiger partial charge in [-0.05, 0) is 18.9 Å². The standard InChI is InChI=1S/C14H29N3O2/c1-11(2)10-14(19)17-9-6-13(18)16-8-5-7-15-12(3)4/h11-12,15H,5-10H2,1-4H3,(H,16,18)(H,17,19). The summed E-state index contributed by atoms with van der Waals surface area (Å²) in [6.07, 6.45) is 1.79. The Hall–Kier alpha value is -1.10. The van der Waals surface area contributed by atoms with Crippen molar-refractivity contribution in [3.05, 3.63) is 0 Å². The molecule has 0 aromatic heterocycles. The van der Waals surface area contributed by atoms with E-state index < -0.39 is 0 Å². The topological polar surface area (TPSA) is 70.2 Å². The predicted octanol–water partition coefficient (Wildman–Crippen LogP) is 1.04. The number of carbonyl (C=O) groups is 2. The maximum Gasteiger partial charge on any atom is 0.221 e. The normalized spacial score (nSPS) is 10.8. The van der Waals surface area contributed by atoms with Crippen LogP contribution in [0.25, 0.3) is 0 Å². The first-order chi connectivity index (χ1) is 8.91. The summed E-state index contributed by atoms with van der Waals surface area (Å²) < 4.78 is 0. The van der Waals surface area contributed by atoms with Crippen molar-refractivity contribution in [1.82, 2.24) is 16.0 Å². The van der Waals surface area contributed by atoms with Gasteiger partial charge in [-0.15, -0.1) is 0 Å². The van der Waals surface area contributed by atoms with Gasteiger partial charge in [0.25, 0.3) is 0 Å². The summed E-state index contributed by atoms with van der Waals surface area (Å²) in [6, 6.07) is 0.479. The SMILES string of the molecule is CC(C)CC(=O)NCCC(=O)NCCCNC(C)C. The summed E-state index contributed by atoms with van der Waals surface area (Å²) in [5.41, 5.74) is 0. The highest BCUT2D eigenvalue weighted by atomic mass is 16.2. The fraction of sp³-hybridized carbons (Fsp3) is 0.857. The molecule has 0 aliphatic rings. The molecule has 0 aliphatic heterocycles. The van der Waals surface area contributed by atoms with Crippen LogP contribution >= 0.6 is 0 Å². The molecule has 0 aliphatic carbocycles. The second-order valence-corrected chi connectivity index (χ2v) is 5.51. The van der Waals surface area contributed by atoms with E-state index in [2.05, 4.69) is 29.8 Å². The van der Waals surface area contributed by atoms with E-state index in [1.807, 2.05) is 13.8 Å². The minimum atomic E-state index is -0.00519. The lowest BCUT2D eigenvalue weighted by atomic mass is 10.1. The molecule has 5 heteroatoms. The summed E-state index contributed by atoms with van der Waals surface area (Å²) in [6.45, 7) is 10.2. The molecule has 0 aromatic carbocycles. The van der Waals surface area contributed by atoms with E-state index in [9.17, 15) is 9.59 Å². The summed E-state index contributed by atoms with van der Waals surface area (Å²) in [7, 11) is 0. The lowest BCUT2D eigenvalue weighted by molar-refractivity contribution is -0.122. The lowest BCUT2D eigenvalue weighted by Crippen LogP contribution is -2.33. The molecule has 0 atom stereocenters. The average Bonchev–Trinajstić information content (AvgIpc) is 2.27. The number of hydrogen-bond acceptors (Lipinski definition) is 3. The molecule has 0 saturated carbocycles. The largest absolute Gasteiger partial charge is 0.356 e. The zero-order valence-corrected chi connectivity index (χ0v) is 12.7. The van der Waals surface area contributed by atoms with Gasteiger partial charge in [0.05, 0.1) is 0 Å². The Morgan fingerprint density at radius 1 is 0.895 bits per heavy atom. The number of hydrogen-bond donors (Lipinski definition) is 3. The first kappa shape index (κ1) is 17.9. The van der Waals surface area contributed by atoms with Gasteiger partial charge in [0, 0.05) is 32.0 Å². The Labute approximate surface area is 116 Å². The molecule has 0 rings (SSSR count). The van der Waals surface area contributed by atoms with Crippen molar-refractivity contribution in [1.29, 1.82) is 0 Å². The van der Waals surface area contributed by atoms with E-state index in [4.69, 9.17) is 0 Å². The van der Waals surface area contributed by atoms with Crippen molar-refractivity contribution in [2.75, 3.05) is 19.6 Å². The highest BCUT2D eigenvalue weighted by Gasteiger charge is 2.05. The van der Waals surface area contributed by atoms with Crippen LogP contribution in [0.2, 0.25) is 0 Å². The van der Waals surface area contributed by atoms with Crippen LogP contribution in [-0.2, 0) is 9.59 Å². The van der Waals surface area contributed by atoms with Crippen LogP contribution in [0.1, 0.15) is 47.0 Å². The van der Waals surface area contributed by atoms with Gasteiger partial charge < -0.3 is 16.0 Å². The summed E-state index contributed by atoms with van der Waals surface area (Å²) in [5, 5.41) is 8.88. The van der Waals surface area contributed by atoms with Crippen LogP contribution in [0, 0.1) is 5.92 Å².